The first-order valence-corrected chi connectivity index (χ1v) is 11.9. The van der Waals surface area contributed by atoms with E-state index in [9.17, 15) is 14.0 Å². The highest BCUT2D eigenvalue weighted by molar-refractivity contribution is 14.1. The van der Waals surface area contributed by atoms with Crippen molar-refractivity contribution in [1.29, 1.82) is 0 Å². The van der Waals surface area contributed by atoms with Gasteiger partial charge in [0, 0.05) is 5.02 Å². The third kappa shape index (κ3) is 5.34. The minimum atomic E-state index is -0.423. The molecule has 0 spiro atoms. The van der Waals surface area contributed by atoms with Crippen LogP contribution in [0, 0.1) is 9.39 Å². The van der Waals surface area contributed by atoms with Crippen LogP contribution in [0.3, 0.4) is 0 Å². The SMILES string of the molecule is COc1cc(/C=C2/SC(=O)N(c3cccc(Cl)c3)C2=O)cc(I)c1OCc1cccc(F)c1. The predicted octanol–water partition coefficient (Wildman–Crippen LogP) is 6.91. The van der Waals surface area contributed by atoms with Gasteiger partial charge in [-0.3, -0.25) is 9.59 Å². The monoisotopic (exact) mass is 595 g/mol. The molecule has 1 saturated heterocycles. The number of imide groups is 1. The molecule has 0 N–H and O–H groups in total. The lowest BCUT2D eigenvalue weighted by atomic mass is 10.1. The van der Waals surface area contributed by atoms with Gasteiger partial charge in [0.25, 0.3) is 11.1 Å². The van der Waals surface area contributed by atoms with E-state index in [0.717, 1.165) is 20.2 Å². The number of thioether (sulfide) groups is 1. The zero-order valence-corrected chi connectivity index (χ0v) is 20.9. The molecule has 0 aliphatic carbocycles. The molecule has 3 aromatic carbocycles. The summed E-state index contributed by atoms with van der Waals surface area (Å²) in [7, 11) is 1.51. The number of carbonyl (C=O) groups is 2. The fourth-order valence-electron chi connectivity index (χ4n) is 3.20. The third-order valence-electron chi connectivity index (χ3n) is 4.68. The lowest BCUT2D eigenvalue weighted by molar-refractivity contribution is -0.113. The Kier molecular flexibility index (Phi) is 7.26. The highest BCUT2D eigenvalue weighted by Gasteiger charge is 2.36. The summed E-state index contributed by atoms with van der Waals surface area (Å²) in [4.78, 5) is 26.8. The van der Waals surface area contributed by atoms with Crippen LogP contribution in [-0.2, 0) is 11.4 Å². The van der Waals surface area contributed by atoms with Crippen molar-refractivity contribution >= 4 is 68.9 Å². The predicted molar refractivity (Wildman–Crippen MR) is 136 cm³/mol. The number of ether oxygens (including phenoxy) is 2. The lowest BCUT2D eigenvalue weighted by Crippen LogP contribution is -2.27. The Morgan fingerprint density at radius 1 is 1.12 bits per heavy atom. The number of carbonyl (C=O) groups excluding carboxylic acids is 2. The number of nitrogens with zero attached hydrogens (tertiary/aromatic N) is 1. The molecule has 4 rings (SSSR count). The molecular formula is C24H16ClFINO4S. The first kappa shape index (κ1) is 23.6. The molecule has 0 bridgehead atoms. The van der Waals surface area contributed by atoms with Crippen molar-refractivity contribution in [3.63, 3.8) is 0 Å². The van der Waals surface area contributed by atoms with Crippen LogP contribution in [-0.4, -0.2) is 18.3 Å². The second-order valence-corrected chi connectivity index (χ2v) is 9.54. The first-order chi connectivity index (χ1) is 15.9. The van der Waals surface area contributed by atoms with Gasteiger partial charge in [0.15, 0.2) is 11.5 Å². The van der Waals surface area contributed by atoms with Gasteiger partial charge < -0.3 is 9.47 Å². The van der Waals surface area contributed by atoms with Gasteiger partial charge in [0.2, 0.25) is 0 Å². The molecule has 5 nitrogen and oxygen atoms in total. The van der Waals surface area contributed by atoms with E-state index in [-0.39, 0.29) is 17.3 Å². The molecule has 1 aliphatic rings. The van der Waals surface area contributed by atoms with Crippen molar-refractivity contribution in [2.45, 2.75) is 6.61 Å². The second-order valence-electron chi connectivity index (χ2n) is 6.95. The highest BCUT2D eigenvalue weighted by atomic mass is 127. The number of amides is 2. The Bertz CT molecular complexity index is 1280. The maximum absolute atomic E-state index is 13.4. The number of hydrogen-bond acceptors (Lipinski definition) is 5. The van der Waals surface area contributed by atoms with Gasteiger partial charge in [-0.1, -0.05) is 29.8 Å². The maximum Gasteiger partial charge on any atom is 0.298 e. The Hall–Kier alpha value is -2.56. The molecule has 9 heteroatoms. The van der Waals surface area contributed by atoms with Crippen LogP contribution >= 0.6 is 46.0 Å². The van der Waals surface area contributed by atoms with E-state index in [0.29, 0.717) is 33.3 Å². The summed E-state index contributed by atoms with van der Waals surface area (Å²) in [5, 5.41) is 0.0360. The van der Waals surface area contributed by atoms with Gasteiger partial charge in [-0.05, 0) is 94.0 Å². The number of anilines is 1. The Morgan fingerprint density at radius 3 is 2.64 bits per heavy atom. The lowest BCUT2D eigenvalue weighted by Gasteiger charge is -2.14. The third-order valence-corrected chi connectivity index (χ3v) is 6.59. The van der Waals surface area contributed by atoms with E-state index in [1.807, 2.05) is 6.07 Å². The van der Waals surface area contributed by atoms with Crippen LogP contribution in [0.1, 0.15) is 11.1 Å². The number of benzene rings is 3. The molecule has 33 heavy (non-hydrogen) atoms. The van der Waals surface area contributed by atoms with Crippen molar-refractivity contribution in [2.24, 2.45) is 0 Å². The fourth-order valence-corrected chi connectivity index (χ4v) is 5.01. The topological polar surface area (TPSA) is 55.8 Å². The van der Waals surface area contributed by atoms with Gasteiger partial charge >= 0.3 is 0 Å². The molecule has 1 fully saturated rings. The van der Waals surface area contributed by atoms with Gasteiger partial charge in [0.05, 0.1) is 21.3 Å². The Balaban J connectivity index is 1.58. The zero-order chi connectivity index (χ0) is 23.5. The zero-order valence-electron chi connectivity index (χ0n) is 17.2. The van der Waals surface area contributed by atoms with Crippen LogP contribution in [0.15, 0.2) is 65.6 Å². The van der Waals surface area contributed by atoms with Crippen LogP contribution in [0.5, 0.6) is 11.5 Å². The second kappa shape index (κ2) is 10.1. The van der Waals surface area contributed by atoms with E-state index in [1.54, 1.807) is 48.5 Å². The minimum absolute atomic E-state index is 0.169. The quantitative estimate of drug-likeness (QED) is 0.229. The number of halogens is 3. The summed E-state index contributed by atoms with van der Waals surface area (Å²) >= 11 is 8.97. The molecule has 1 aliphatic heterocycles. The number of hydrogen-bond donors (Lipinski definition) is 0. The summed E-state index contributed by atoms with van der Waals surface area (Å²) in [5.41, 5.74) is 1.78. The van der Waals surface area contributed by atoms with E-state index in [1.165, 1.54) is 19.2 Å². The van der Waals surface area contributed by atoms with Crippen molar-refractivity contribution in [3.8, 4) is 11.5 Å². The molecule has 0 aromatic heterocycles. The summed E-state index contributed by atoms with van der Waals surface area (Å²) in [6.45, 7) is 0.169. The van der Waals surface area contributed by atoms with E-state index in [4.69, 9.17) is 21.1 Å². The average Bonchev–Trinajstić information content (AvgIpc) is 3.05. The largest absolute Gasteiger partial charge is 0.493 e. The first-order valence-electron chi connectivity index (χ1n) is 9.64. The van der Waals surface area contributed by atoms with Crippen LogP contribution in [0.2, 0.25) is 5.02 Å². The molecule has 0 unspecified atom stereocenters. The average molecular weight is 596 g/mol. The number of rotatable bonds is 6. The van der Waals surface area contributed by atoms with Crippen LogP contribution in [0.25, 0.3) is 6.08 Å². The van der Waals surface area contributed by atoms with Gasteiger partial charge in [-0.2, -0.15) is 0 Å². The minimum Gasteiger partial charge on any atom is -0.493 e. The molecule has 0 saturated carbocycles. The van der Waals surface area contributed by atoms with Crippen molar-refractivity contribution in [2.75, 3.05) is 12.0 Å². The molecule has 3 aromatic rings. The molecular weight excluding hydrogens is 580 g/mol. The molecule has 168 valence electrons. The highest BCUT2D eigenvalue weighted by Crippen LogP contribution is 2.39. The van der Waals surface area contributed by atoms with Crippen molar-refractivity contribution in [1.82, 2.24) is 0 Å². The smallest absolute Gasteiger partial charge is 0.298 e. The van der Waals surface area contributed by atoms with Crippen molar-refractivity contribution < 1.29 is 23.5 Å². The Labute approximate surface area is 212 Å². The standard InChI is InChI=1S/C24H16ClFINO4S/c1-31-20-10-15(9-19(27)22(20)32-13-14-4-2-6-17(26)8-14)11-21-23(29)28(24(30)33-21)18-7-3-5-16(25)12-18/h2-12H,13H2,1H3/b21-11+. The molecule has 1 heterocycles. The van der Waals surface area contributed by atoms with Crippen LogP contribution in [0.4, 0.5) is 14.9 Å². The van der Waals surface area contributed by atoms with Gasteiger partial charge in [-0.25, -0.2) is 9.29 Å². The van der Waals surface area contributed by atoms with E-state index in [2.05, 4.69) is 22.6 Å². The fraction of sp³-hybridized carbons (Fsp3) is 0.0833. The van der Waals surface area contributed by atoms with Crippen LogP contribution < -0.4 is 14.4 Å². The number of methoxy groups -OCH3 is 1. The normalized spacial score (nSPS) is 14.8. The summed E-state index contributed by atoms with van der Waals surface area (Å²) in [5.74, 6) is 0.206. The molecule has 2 amide bonds. The molecule has 0 atom stereocenters. The summed E-state index contributed by atoms with van der Waals surface area (Å²) < 4.78 is 25.5. The van der Waals surface area contributed by atoms with Gasteiger partial charge in [-0.15, -0.1) is 0 Å². The summed E-state index contributed by atoms with van der Waals surface area (Å²) in [6, 6.07) is 16.3. The van der Waals surface area contributed by atoms with E-state index < -0.39 is 11.1 Å². The van der Waals surface area contributed by atoms with Gasteiger partial charge in [0.1, 0.15) is 12.4 Å². The Morgan fingerprint density at radius 2 is 1.91 bits per heavy atom. The molecule has 0 radical (unpaired) electrons. The summed E-state index contributed by atoms with van der Waals surface area (Å²) in [6.07, 6.45) is 1.64. The van der Waals surface area contributed by atoms with Crippen molar-refractivity contribution in [3.05, 3.63) is 91.1 Å². The van der Waals surface area contributed by atoms with E-state index >= 15 is 0 Å². The maximum atomic E-state index is 13.4.